The number of hydrogen-bond donors (Lipinski definition) is 4. The molecule has 1 unspecified atom stereocenters. The topological polar surface area (TPSA) is 120 Å². The van der Waals surface area contributed by atoms with Gasteiger partial charge in [0.2, 0.25) is 5.91 Å². The van der Waals surface area contributed by atoms with E-state index in [1.54, 1.807) is 0 Å². The molecule has 7 heteroatoms. The standard InChI is InChI=1S/C24H48N4O3/c1-3-5-6-7-8-9-10-11-12-13-14-15-16-19-22(29)28(4-2)21(23(30)31)18-17-20-27-24(25)26/h21H,3-20H2,1-2H3,(H,30,31)(H4,25,26,27). The van der Waals surface area contributed by atoms with E-state index < -0.39 is 12.0 Å². The second kappa shape index (κ2) is 20.1. The van der Waals surface area contributed by atoms with Crippen molar-refractivity contribution in [3.05, 3.63) is 0 Å². The zero-order chi connectivity index (χ0) is 23.3. The number of carbonyl (C=O) groups excluding carboxylic acids is 1. The van der Waals surface area contributed by atoms with Gasteiger partial charge in [0, 0.05) is 19.5 Å². The maximum absolute atomic E-state index is 12.6. The molecule has 0 saturated carbocycles. The highest BCUT2D eigenvalue weighted by atomic mass is 16.4. The number of nitrogens with two attached hydrogens (primary N) is 1. The van der Waals surface area contributed by atoms with Gasteiger partial charge >= 0.3 is 5.97 Å². The Balaban J connectivity index is 3.90. The minimum atomic E-state index is -0.969. The van der Waals surface area contributed by atoms with Gasteiger partial charge in [-0.15, -0.1) is 0 Å². The molecular weight excluding hydrogens is 392 g/mol. The molecule has 0 fully saturated rings. The van der Waals surface area contributed by atoms with Crippen LogP contribution in [0.4, 0.5) is 0 Å². The van der Waals surface area contributed by atoms with Gasteiger partial charge in [0.15, 0.2) is 5.96 Å². The first-order valence-electron chi connectivity index (χ1n) is 12.5. The smallest absolute Gasteiger partial charge is 0.326 e. The average Bonchev–Trinajstić information content (AvgIpc) is 2.73. The van der Waals surface area contributed by atoms with Crippen molar-refractivity contribution < 1.29 is 14.7 Å². The zero-order valence-corrected chi connectivity index (χ0v) is 20.1. The molecule has 0 bridgehead atoms. The molecule has 0 heterocycles. The number of carboxylic acids is 1. The zero-order valence-electron chi connectivity index (χ0n) is 20.1. The number of carbonyl (C=O) groups is 2. The Morgan fingerprint density at radius 1 is 0.871 bits per heavy atom. The third-order valence-corrected chi connectivity index (χ3v) is 5.79. The maximum atomic E-state index is 12.6. The highest BCUT2D eigenvalue weighted by Crippen LogP contribution is 2.15. The van der Waals surface area contributed by atoms with E-state index in [-0.39, 0.29) is 11.9 Å². The van der Waals surface area contributed by atoms with Gasteiger partial charge in [-0.2, -0.15) is 0 Å². The number of likely N-dealkylation sites (N-methyl/N-ethyl adjacent to an activating group) is 1. The Bertz CT molecular complexity index is 485. The van der Waals surface area contributed by atoms with Crippen LogP contribution < -0.4 is 11.1 Å². The maximum Gasteiger partial charge on any atom is 0.326 e. The lowest BCUT2D eigenvalue weighted by Gasteiger charge is -2.28. The van der Waals surface area contributed by atoms with Crippen molar-refractivity contribution >= 4 is 17.8 Å². The molecule has 0 aromatic heterocycles. The van der Waals surface area contributed by atoms with Crippen LogP contribution in [0, 0.1) is 5.41 Å². The first kappa shape index (κ1) is 29.2. The number of guanidine groups is 1. The molecule has 0 aromatic carbocycles. The molecule has 1 amide bonds. The molecule has 182 valence electrons. The Kier molecular flexibility index (Phi) is 19.0. The molecule has 31 heavy (non-hydrogen) atoms. The Morgan fingerprint density at radius 3 is 1.77 bits per heavy atom. The van der Waals surface area contributed by atoms with E-state index in [4.69, 9.17) is 11.1 Å². The predicted molar refractivity (Wildman–Crippen MR) is 128 cm³/mol. The van der Waals surface area contributed by atoms with Crippen molar-refractivity contribution in [2.45, 2.75) is 123 Å². The van der Waals surface area contributed by atoms with E-state index in [1.807, 2.05) is 6.92 Å². The fraction of sp³-hybridized carbons (Fsp3) is 0.875. The predicted octanol–water partition coefficient (Wildman–Crippen LogP) is 5.03. The Labute approximate surface area is 190 Å². The van der Waals surface area contributed by atoms with Crippen LogP contribution in [0.25, 0.3) is 0 Å². The van der Waals surface area contributed by atoms with Gasteiger partial charge in [-0.25, -0.2) is 4.79 Å². The highest BCUT2D eigenvalue weighted by Gasteiger charge is 2.27. The summed E-state index contributed by atoms with van der Waals surface area (Å²) in [5.41, 5.74) is 5.23. The molecule has 0 spiro atoms. The summed E-state index contributed by atoms with van der Waals surface area (Å²) in [4.78, 5) is 25.7. The lowest BCUT2D eigenvalue weighted by molar-refractivity contribution is -0.150. The van der Waals surface area contributed by atoms with E-state index in [2.05, 4.69) is 12.2 Å². The second-order valence-corrected chi connectivity index (χ2v) is 8.51. The van der Waals surface area contributed by atoms with Crippen LogP contribution in [-0.2, 0) is 9.59 Å². The molecular formula is C24H48N4O3. The molecule has 7 nitrogen and oxygen atoms in total. The van der Waals surface area contributed by atoms with Crippen LogP contribution in [0.2, 0.25) is 0 Å². The van der Waals surface area contributed by atoms with Crippen molar-refractivity contribution in [2.75, 3.05) is 13.1 Å². The van der Waals surface area contributed by atoms with Gasteiger partial charge in [0.25, 0.3) is 0 Å². The van der Waals surface area contributed by atoms with E-state index >= 15 is 0 Å². The minimum absolute atomic E-state index is 0.0718. The fourth-order valence-electron chi connectivity index (χ4n) is 3.94. The lowest BCUT2D eigenvalue weighted by atomic mass is 10.0. The SMILES string of the molecule is CCCCCCCCCCCCCCCC(=O)N(CC)C(CCCNC(=N)N)C(=O)O. The van der Waals surface area contributed by atoms with Crippen LogP contribution in [0.15, 0.2) is 0 Å². The number of unbranched alkanes of at least 4 members (excludes halogenated alkanes) is 12. The fourth-order valence-corrected chi connectivity index (χ4v) is 3.94. The molecule has 0 radical (unpaired) electrons. The number of amides is 1. The number of aliphatic carboxylic acids is 1. The van der Waals surface area contributed by atoms with E-state index in [0.29, 0.717) is 32.4 Å². The molecule has 0 saturated heterocycles. The number of carboxylic acid groups (broad SMARTS) is 1. The first-order chi connectivity index (χ1) is 14.9. The largest absolute Gasteiger partial charge is 0.480 e. The summed E-state index contributed by atoms with van der Waals surface area (Å²) >= 11 is 0. The van der Waals surface area contributed by atoms with Crippen molar-refractivity contribution in [3.8, 4) is 0 Å². The Morgan fingerprint density at radius 2 is 1.35 bits per heavy atom. The first-order valence-corrected chi connectivity index (χ1v) is 12.5. The van der Waals surface area contributed by atoms with Crippen molar-refractivity contribution in [3.63, 3.8) is 0 Å². The monoisotopic (exact) mass is 440 g/mol. The molecule has 0 aliphatic carbocycles. The molecule has 0 aliphatic rings. The van der Waals surface area contributed by atoms with Crippen LogP contribution in [0.5, 0.6) is 0 Å². The van der Waals surface area contributed by atoms with Crippen molar-refractivity contribution in [1.29, 1.82) is 5.41 Å². The van der Waals surface area contributed by atoms with Crippen LogP contribution in [0.1, 0.15) is 117 Å². The summed E-state index contributed by atoms with van der Waals surface area (Å²) in [6.07, 6.45) is 17.7. The van der Waals surface area contributed by atoms with Gasteiger partial charge in [0.1, 0.15) is 6.04 Å². The van der Waals surface area contributed by atoms with Gasteiger partial charge in [-0.1, -0.05) is 84.0 Å². The summed E-state index contributed by atoms with van der Waals surface area (Å²) in [6, 6.07) is -0.812. The van der Waals surface area contributed by atoms with Crippen molar-refractivity contribution in [1.82, 2.24) is 10.2 Å². The number of hydrogen-bond acceptors (Lipinski definition) is 3. The third-order valence-electron chi connectivity index (χ3n) is 5.79. The normalized spacial score (nSPS) is 11.8. The summed E-state index contributed by atoms with van der Waals surface area (Å²) in [5, 5.41) is 19.3. The molecule has 0 aromatic rings. The average molecular weight is 441 g/mol. The van der Waals surface area contributed by atoms with E-state index in [1.165, 1.54) is 69.1 Å². The molecule has 0 aliphatic heterocycles. The van der Waals surface area contributed by atoms with Crippen molar-refractivity contribution in [2.24, 2.45) is 5.73 Å². The minimum Gasteiger partial charge on any atom is -0.480 e. The quantitative estimate of drug-likeness (QED) is 0.113. The molecule has 1 atom stereocenters. The van der Waals surface area contributed by atoms with E-state index in [9.17, 15) is 14.7 Å². The molecule has 5 N–H and O–H groups in total. The number of nitrogens with one attached hydrogen (secondary N) is 2. The third kappa shape index (κ3) is 16.6. The van der Waals surface area contributed by atoms with E-state index in [0.717, 1.165) is 19.3 Å². The summed E-state index contributed by atoms with van der Waals surface area (Å²) in [7, 11) is 0. The van der Waals surface area contributed by atoms with Crippen LogP contribution in [0.3, 0.4) is 0 Å². The lowest BCUT2D eigenvalue weighted by Crippen LogP contribution is -2.45. The van der Waals surface area contributed by atoms with Gasteiger partial charge in [-0.3, -0.25) is 10.2 Å². The molecule has 0 rings (SSSR count). The summed E-state index contributed by atoms with van der Waals surface area (Å²) in [6.45, 7) is 4.91. The number of nitrogens with zero attached hydrogens (tertiary/aromatic N) is 1. The summed E-state index contributed by atoms with van der Waals surface area (Å²) in [5.74, 6) is -1.17. The Hall–Kier alpha value is -1.79. The second-order valence-electron chi connectivity index (χ2n) is 8.51. The highest BCUT2D eigenvalue weighted by molar-refractivity contribution is 5.83. The summed E-state index contributed by atoms with van der Waals surface area (Å²) < 4.78 is 0. The number of rotatable bonds is 21. The van der Waals surface area contributed by atoms with Crippen LogP contribution >= 0.6 is 0 Å². The van der Waals surface area contributed by atoms with Gasteiger partial charge in [-0.05, 0) is 26.2 Å². The van der Waals surface area contributed by atoms with Gasteiger partial charge in [0.05, 0.1) is 0 Å². The van der Waals surface area contributed by atoms with Gasteiger partial charge < -0.3 is 21.1 Å². The van der Waals surface area contributed by atoms with Crippen LogP contribution in [-0.4, -0.2) is 47.0 Å².